The number of hydrogen-bond acceptors (Lipinski definition) is 5. The number of likely N-dealkylation sites (tertiary alicyclic amines) is 1. The molecular weight excluding hydrogens is 542 g/mol. The highest BCUT2D eigenvalue weighted by Gasteiger charge is 2.78. The minimum absolute atomic E-state index is 0.0682. The number of carbonyl (C=O) groups excluding carboxylic acids is 3. The van der Waals surface area contributed by atoms with E-state index < -0.39 is 29.1 Å². The second-order valence-corrected chi connectivity index (χ2v) is 13.0. The number of amides is 3. The number of unbranched alkanes of at least 4 members (excludes halogenated alkanes) is 3. The molecule has 3 amide bonds. The molecule has 5 rings (SSSR count). The number of carbonyl (C=O) groups is 3. The van der Waals surface area contributed by atoms with Gasteiger partial charge in [0.2, 0.25) is 17.7 Å². The van der Waals surface area contributed by atoms with Gasteiger partial charge in [0, 0.05) is 38.0 Å². The van der Waals surface area contributed by atoms with Crippen molar-refractivity contribution in [3.05, 3.63) is 55.6 Å². The van der Waals surface area contributed by atoms with Gasteiger partial charge >= 0.3 is 0 Å². The number of hydrogen-bond donors (Lipinski definition) is 1. The molecule has 8 nitrogen and oxygen atoms in total. The molecule has 234 valence electrons. The largest absolute Gasteiger partial charge is 0.396 e. The van der Waals surface area contributed by atoms with Gasteiger partial charge in [0.1, 0.15) is 11.6 Å². The maximum absolute atomic E-state index is 14.8. The lowest BCUT2D eigenvalue weighted by Gasteiger charge is -2.40. The first-order valence-corrected chi connectivity index (χ1v) is 16.3. The molecule has 1 aromatic carbocycles. The van der Waals surface area contributed by atoms with Crippen molar-refractivity contribution in [2.24, 2.45) is 11.8 Å². The summed E-state index contributed by atoms with van der Waals surface area (Å²) in [5.41, 5.74) is -1.13. The molecular formula is C35H49N3O5. The summed E-state index contributed by atoms with van der Waals surface area (Å²) in [5, 5.41) is 9.24. The van der Waals surface area contributed by atoms with E-state index in [0.29, 0.717) is 38.9 Å². The molecule has 8 heteroatoms. The Kier molecular flexibility index (Phi) is 9.76. The number of aliphatic hydroxyl groups is 1. The minimum atomic E-state index is -1.04. The standard InChI is InChI=1S/C35H49N3O5/c1-4-22-36(26-16-10-8-11-17-26)31(40)28-29-32(41)38(24-14-6-7-15-25-39)30(35(29)21-20-34(28,3)43-35)33(42)37(23-5-2)27-18-12-9-13-19-27/h4-5,8,10-11,16-17,27-30,39H,1-2,6-7,9,12-15,18-25H2,3H3/t28-,29-,30?,34+,35?/m0/s1. The first kappa shape index (κ1) is 31.5. The van der Waals surface area contributed by atoms with Gasteiger partial charge in [-0.3, -0.25) is 14.4 Å². The van der Waals surface area contributed by atoms with Gasteiger partial charge in [0.15, 0.2) is 0 Å². The van der Waals surface area contributed by atoms with E-state index in [9.17, 15) is 19.5 Å². The molecule has 1 saturated carbocycles. The van der Waals surface area contributed by atoms with E-state index in [1.165, 1.54) is 6.42 Å². The molecule has 1 aromatic rings. The van der Waals surface area contributed by atoms with Gasteiger partial charge in [0.25, 0.3) is 0 Å². The maximum Gasteiger partial charge on any atom is 0.248 e. The number of para-hydroxylation sites is 1. The molecule has 43 heavy (non-hydrogen) atoms. The fourth-order valence-corrected chi connectivity index (χ4v) is 8.40. The number of benzene rings is 1. The summed E-state index contributed by atoms with van der Waals surface area (Å²) < 4.78 is 6.92. The van der Waals surface area contributed by atoms with E-state index in [-0.39, 0.29) is 30.4 Å². The van der Waals surface area contributed by atoms with Gasteiger partial charge < -0.3 is 24.5 Å². The van der Waals surface area contributed by atoms with Gasteiger partial charge in [-0.15, -0.1) is 13.2 Å². The first-order chi connectivity index (χ1) is 20.8. The van der Waals surface area contributed by atoms with Crippen molar-refractivity contribution in [2.45, 2.75) is 101 Å². The molecule has 1 N–H and O–H groups in total. The van der Waals surface area contributed by atoms with Crippen molar-refractivity contribution in [2.75, 3.05) is 31.1 Å². The molecule has 5 atom stereocenters. The third-order valence-electron chi connectivity index (χ3n) is 10.4. The normalized spacial score (nSPS) is 29.9. The molecule has 0 aromatic heterocycles. The summed E-state index contributed by atoms with van der Waals surface area (Å²) in [6.07, 6.45) is 13.1. The quantitative estimate of drug-likeness (QED) is 0.246. The third kappa shape index (κ3) is 5.68. The average Bonchev–Trinajstić information content (AvgIpc) is 3.59. The second-order valence-electron chi connectivity index (χ2n) is 13.0. The van der Waals surface area contributed by atoms with E-state index >= 15 is 0 Å². The molecule has 3 aliphatic heterocycles. The molecule has 4 fully saturated rings. The van der Waals surface area contributed by atoms with Crippen molar-refractivity contribution >= 4 is 23.4 Å². The summed E-state index contributed by atoms with van der Waals surface area (Å²) in [7, 11) is 0. The molecule has 2 unspecified atom stereocenters. The highest BCUT2D eigenvalue weighted by Crippen LogP contribution is 2.63. The number of anilines is 1. The van der Waals surface area contributed by atoms with Crippen LogP contribution in [0.5, 0.6) is 0 Å². The Balaban J connectivity index is 1.52. The average molecular weight is 592 g/mol. The van der Waals surface area contributed by atoms with Crippen LogP contribution < -0.4 is 4.90 Å². The third-order valence-corrected chi connectivity index (χ3v) is 10.4. The highest BCUT2D eigenvalue weighted by molar-refractivity contribution is 6.03. The van der Waals surface area contributed by atoms with Crippen molar-refractivity contribution in [1.29, 1.82) is 0 Å². The summed E-state index contributed by atoms with van der Waals surface area (Å²) >= 11 is 0. The van der Waals surface area contributed by atoms with Crippen LogP contribution in [-0.4, -0.2) is 82.2 Å². The van der Waals surface area contributed by atoms with Gasteiger partial charge in [-0.25, -0.2) is 0 Å². The number of ether oxygens (including phenoxy) is 1. The SMILES string of the molecule is C=CCN(C(=O)[C@@H]1[C@H]2C(=O)N(CCCCCCO)C(C(=O)N(CC=C)C3CCCCC3)C23CC[C@@]1(C)O3)c1ccccc1. The zero-order valence-corrected chi connectivity index (χ0v) is 25.8. The zero-order chi connectivity index (χ0) is 30.6. The molecule has 3 saturated heterocycles. The summed E-state index contributed by atoms with van der Waals surface area (Å²) in [6.45, 7) is 11.1. The lowest BCUT2D eigenvalue weighted by atomic mass is 9.66. The van der Waals surface area contributed by atoms with E-state index in [2.05, 4.69) is 13.2 Å². The van der Waals surface area contributed by atoms with Gasteiger partial charge in [0.05, 0.1) is 17.4 Å². The molecule has 1 spiro atoms. The number of nitrogens with zero attached hydrogens (tertiary/aromatic N) is 3. The monoisotopic (exact) mass is 591 g/mol. The Morgan fingerprint density at radius 2 is 1.70 bits per heavy atom. The van der Waals surface area contributed by atoms with E-state index in [1.54, 1.807) is 22.0 Å². The van der Waals surface area contributed by atoms with E-state index in [4.69, 9.17) is 4.74 Å². The van der Waals surface area contributed by atoms with Gasteiger partial charge in [-0.2, -0.15) is 0 Å². The van der Waals surface area contributed by atoms with E-state index in [0.717, 1.165) is 50.6 Å². The topological polar surface area (TPSA) is 90.4 Å². The number of aliphatic hydroxyl groups excluding tert-OH is 1. The smallest absolute Gasteiger partial charge is 0.248 e. The minimum Gasteiger partial charge on any atom is -0.396 e. The lowest BCUT2D eigenvalue weighted by molar-refractivity contribution is -0.153. The fraction of sp³-hybridized carbons (Fsp3) is 0.629. The van der Waals surface area contributed by atoms with Crippen molar-refractivity contribution < 1.29 is 24.2 Å². The first-order valence-electron chi connectivity index (χ1n) is 16.3. The fourth-order valence-electron chi connectivity index (χ4n) is 8.40. The Hall–Kier alpha value is -2.97. The molecule has 4 aliphatic rings. The van der Waals surface area contributed by atoms with Crippen molar-refractivity contribution in [3.8, 4) is 0 Å². The highest BCUT2D eigenvalue weighted by atomic mass is 16.5. The predicted molar refractivity (Wildman–Crippen MR) is 167 cm³/mol. The summed E-state index contributed by atoms with van der Waals surface area (Å²) in [6, 6.07) is 8.84. The van der Waals surface area contributed by atoms with Crippen LogP contribution in [0.4, 0.5) is 5.69 Å². The van der Waals surface area contributed by atoms with Crippen LogP contribution in [0, 0.1) is 11.8 Å². The van der Waals surface area contributed by atoms with Gasteiger partial charge in [-0.1, -0.05) is 62.5 Å². The number of rotatable bonds is 14. The number of fused-ring (bicyclic) bond motifs is 1. The molecule has 0 radical (unpaired) electrons. The molecule has 3 heterocycles. The second kappa shape index (κ2) is 13.3. The Labute approximate surface area is 256 Å². The van der Waals surface area contributed by atoms with Crippen LogP contribution in [0.1, 0.15) is 77.6 Å². The van der Waals surface area contributed by atoms with Crippen LogP contribution in [0.2, 0.25) is 0 Å². The zero-order valence-electron chi connectivity index (χ0n) is 25.8. The Bertz CT molecular complexity index is 1180. The van der Waals surface area contributed by atoms with E-state index in [1.807, 2.05) is 42.2 Å². The maximum atomic E-state index is 14.8. The van der Waals surface area contributed by atoms with Crippen LogP contribution in [0.3, 0.4) is 0 Å². The van der Waals surface area contributed by atoms with Crippen LogP contribution in [0.15, 0.2) is 55.6 Å². The van der Waals surface area contributed by atoms with Crippen molar-refractivity contribution in [1.82, 2.24) is 9.80 Å². The predicted octanol–water partition coefficient (Wildman–Crippen LogP) is 4.87. The molecule has 1 aliphatic carbocycles. The van der Waals surface area contributed by atoms with Crippen LogP contribution in [0.25, 0.3) is 0 Å². The lowest BCUT2D eigenvalue weighted by Crippen LogP contribution is -2.58. The van der Waals surface area contributed by atoms with Crippen molar-refractivity contribution in [3.63, 3.8) is 0 Å². The van der Waals surface area contributed by atoms with Gasteiger partial charge in [-0.05, 0) is 57.6 Å². The van der Waals surface area contributed by atoms with Crippen LogP contribution in [-0.2, 0) is 19.1 Å². The Morgan fingerprint density at radius 1 is 1.00 bits per heavy atom. The van der Waals surface area contributed by atoms with Crippen LogP contribution >= 0.6 is 0 Å². The Morgan fingerprint density at radius 3 is 2.37 bits per heavy atom. The molecule has 2 bridgehead atoms. The summed E-state index contributed by atoms with van der Waals surface area (Å²) in [5.74, 6) is -1.79. The summed E-state index contributed by atoms with van der Waals surface area (Å²) in [4.78, 5) is 49.2.